The molecule has 34 heavy (non-hydrogen) atoms. The second-order valence-electron chi connectivity index (χ2n) is 8.59. The first kappa shape index (κ1) is 21.9. The molecule has 9 nitrogen and oxygen atoms in total. The van der Waals surface area contributed by atoms with Crippen molar-refractivity contribution in [2.24, 2.45) is 0 Å². The molecule has 4 heterocycles. The normalized spacial score (nSPS) is 17.6. The number of carboxylic acid groups (broad SMARTS) is 1. The number of benzene rings is 1. The number of rotatable bonds is 4. The number of ketones is 1. The van der Waals surface area contributed by atoms with Crippen molar-refractivity contribution >= 4 is 34.2 Å². The van der Waals surface area contributed by atoms with Gasteiger partial charge in [0, 0.05) is 39.3 Å². The fourth-order valence-corrected chi connectivity index (χ4v) is 4.61. The fraction of sp³-hybridized carbons (Fsp3) is 0.333. The lowest BCUT2D eigenvalue weighted by atomic mass is 10.1. The molecule has 0 aliphatic carbocycles. The number of hydrogen-bond acceptors (Lipinski definition) is 7. The Balaban J connectivity index is 1.52. The van der Waals surface area contributed by atoms with Crippen molar-refractivity contribution in [3.63, 3.8) is 0 Å². The standard InChI is InChI=1S/C24H23FN4O5/c1-13-12-34-23-20-15(22(31)16(24(32)33)11-29(13)20)10-17(25)21(23)28-8-6-27(7-9-28)19-5-3-4-18(26-19)14(2)30/h3-5,10-11,13H,6-9,12H2,1-2H3,(H,32,33)/t13-/m0/s1. The van der Waals surface area contributed by atoms with Crippen LogP contribution in [-0.2, 0) is 0 Å². The maximum Gasteiger partial charge on any atom is 0.341 e. The van der Waals surface area contributed by atoms with Gasteiger partial charge in [-0.15, -0.1) is 0 Å². The van der Waals surface area contributed by atoms with Crippen molar-refractivity contribution in [3.05, 3.63) is 57.8 Å². The minimum atomic E-state index is -1.35. The van der Waals surface area contributed by atoms with Crippen LogP contribution < -0.4 is 20.0 Å². The molecule has 1 atom stereocenters. The molecule has 3 aromatic rings. The molecule has 176 valence electrons. The summed E-state index contributed by atoms with van der Waals surface area (Å²) in [6, 6.07) is 6.20. The average molecular weight is 466 g/mol. The topological polar surface area (TPSA) is 105 Å². The Labute approximate surface area is 194 Å². The van der Waals surface area contributed by atoms with Gasteiger partial charge in [0.2, 0.25) is 5.43 Å². The van der Waals surface area contributed by atoms with Crippen molar-refractivity contribution in [1.82, 2.24) is 9.55 Å². The van der Waals surface area contributed by atoms with E-state index in [0.29, 0.717) is 43.2 Å². The molecule has 1 fully saturated rings. The zero-order chi connectivity index (χ0) is 24.1. The molecule has 1 N–H and O–H groups in total. The second-order valence-corrected chi connectivity index (χ2v) is 8.59. The summed E-state index contributed by atoms with van der Waals surface area (Å²) >= 11 is 0. The highest BCUT2D eigenvalue weighted by Crippen LogP contribution is 2.42. The smallest absolute Gasteiger partial charge is 0.341 e. The number of aromatic carboxylic acids is 1. The molecule has 5 rings (SSSR count). The highest BCUT2D eigenvalue weighted by Gasteiger charge is 2.31. The van der Waals surface area contributed by atoms with Crippen molar-refractivity contribution < 1.29 is 23.8 Å². The molecule has 0 spiro atoms. The van der Waals surface area contributed by atoms with Crippen LogP contribution in [0, 0.1) is 5.82 Å². The van der Waals surface area contributed by atoms with E-state index in [4.69, 9.17) is 4.74 Å². The van der Waals surface area contributed by atoms with E-state index in [-0.39, 0.29) is 35.3 Å². The summed E-state index contributed by atoms with van der Waals surface area (Å²) in [5.74, 6) is -1.14. The Morgan fingerprint density at radius 2 is 1.88 bits per heavy atom. The Morgan fingerprint density at radius 1 is 1.18 bits per heavy atom. The molecular weight excluding hydrogens is 443 g/mol. The molecule has 2 aliphatic heterocycles. The summed E-state index contributed by atoms with van der Waals surface area (Å²) in [4.78, 5) is 44.3. The second kappa shape index (κ2) is 8.12. The maximum absolute atomic E-state index is 15.4. The van der Waals surface area contributed by atoms with E-state index in [1.807, 2.05) is 22.8 Å². The summed E-state index contributed by atoms with van der Waals surface area (Å²) in [6.45, 7) is 5.58. The van der Waals surface area contributed by atoms with Crippen LogP contribution in [0.4, 0.5) is 15.9 Å². The molecule has 0 radical (unpaired) electrons. The highest BCUT2D eigenvalue weighted by atomic mass is 19.1. The third kappa shape index (κ3) is 3.46. The molecule has 0 saturated carbocycles. The van der Waals surface area contributed by atoms with E-state index in [0.717, 1.165) is 6.07 Å². The van der Waals surface area contributed by atoms with Gasteiger partial charge in [0.05, 0.1) is 16.9 Å². The van der Waals surface area contributed by atoms with Crippen LogP contribution in [0.2, 0.25) is 0 Å². The zero-order valence-corrected chi connectivity index (χ0v) is 18.7. The van der Waals surface area contributed by atoms with Gasteiger partial charge in [0.25, 0.3) is 0 Å². The lowest BCUT2D eigenvalue weighted by molar-refractivity contribution is 0.0694. The summed E-state index contributed by atoms with van der Waals surface area (Å²) in [6.07, 6.45) is 1.32. The van der Waals surface area contributed by atoms with Crippen LogP contribution in [0.25, 0.3) is 10.9 Å². The fourth-order valence-electron chi connectivity index (χ4n) is 4.61. The van der Waals surface area contributed by atoms with E-state index in [9.17, 15) is 19.5 Å². The molecule has 2 aromatic heterocycles. The van der Waals surface area contributed by atoms with Crippen LogP contribution in [-0.4, -0.2) is 59.2 Å². The molecule has 2 aliphatic rings. The van der Waals surface area contributed by atoms with Crippen molar-refractivity contribution in [1.29, 1.82) is 0 Å². The number of carbonyl (C=O) groups is 2. The number of pyridine rings is 2. The summed E-state index contributed by atoms with van der Waals surface area (Å²) in [5.41, 5.74) is -0.0621. The van der Waals surface area contributed by atoms with Crippen molar-refractivity contribution in [3.8, 4) is 5.75 Å². The number of hydrogen-bond donors (Lipinski definition) is 1. The number of aromatic nitrogens is 2. The quantitative estimate of drug-likeness (QED) is 0.586. The number of halogens is 1. The number of ether oxygens (including phenoxy) is 1. The van der Waals surface area contributed by atoms with Gasteiger partial charge in [-0.25, -0.2) is 14.2 Å². The number of anilines is 2. The van der Waals surface area contributed by atoms with Gasteiger partial charge in [-0.1, -0.05) is 6.07 Å². The van der Waals surface area contributed by atoms with Crippen molar-refractivity contribution in [2.75, 3.05) is 42.6 Å². The Hall–Kier alpha value is -3.95. The zero-order valence-electron chi connectivity index (χ0n) is 18.7. The highest BCUT2D eigenvalue weighted by molar-refractivity contribution is 5.97. The SMILES string of the molecule is CC(=O)c1cccc(N2CCN(c3c(F)cc4c(=O)c(C(=O)O)cn5c4c3OC[C@@H]5C)CC2)n1. The van der Waals surface area contributed by atoms with E-state index < -0.39 is 22.8 Å². The van der Waals surface area contributed by atoms with Gasteiger partial charge in [0.15, 0.2) is 17.3 Å². The van der Waals surface area contributed by atoms with E-state index in [2.05, 4.69) is 4.98 Å². The molecule has 1 aromatic carbocycles. The van der Waals surface area contributed by atoms with E-state index in [1.54, 1.807) is 16.7 Å². The van der Waals surface area contributed by atoms with Gasteiger partial charge in [-0.2, -0.15) is 0 Å². The van der Waals surface area contributed by atoms with Crippen LogP contribution in [0.1, 0.15) is 40.7 Å². The van der Waals surface area contributed by atoms with Gasteiger partial charge in [0.1, 0.15) is 29.4 Å². The summed E-state index contributed by atoms with van der Waals surface area (Å²) in [5, 5.41) is 9.43. The third-order valence-corrected chi connectivity index (χ3v) is 6.39. The van der Waals surface area contributed by atoms with Gasteiger partial charge >= 0.3 is 5.97 Å². The maximum atomic E-state index is 15.4. The predicted molar refractivity (Wildman–Crippen MR) is 124 cm³/mol. The molecular formula is C24H23FN4O5. The Kier molecular flexibility index (Phi) is 5.22. The monoisotopic (exact) mass is 466 g/mol. The predicted octanol–water partition coefficient (Wildman–Crippen LogP) is 2.72. The minimum absolute atomic E-state index is 0.00779. The average Bonchev–Trinajstić information content (AvgIpc) is 2.82. The van der Waals surface area contributed by atoms with Crippen LogP contribution >= 0.6 is 0 Å². The Morgan fingerprint density at radius 3 is 2.56 bits per heavy atom. The number of carbonyl (C=O) groups excluding carboxylic acids is 1. The molecule has 0 amide bonds. The van der Waals surface area contributed by atoms with Gasteiger partial charge < -0.3 is 24.2 Å². The third-order valence-electron chi connectivity index (χ3n) is 6.39. The molecule has 1 saturated heterocycles. The molecule has 10 heteroatoms. The first-order chi connectivity index (χ1) is 16.3. The number of nitrogens with zero attached hydrogens (tertiary/aromatic N) is 4. The van der Waals surface area contributed by atoms with Crippen LogP contribution in [0.3, 0.4) is 0 Å². The van der Waals surface area contributed by atoms with Gasteiger partial charge in [-0.05, 0) is 25.1 Å². The Bertz CT molecular complexity index is 1390. The molecule has 0 bridgehead atoms. The molecule has 0 unspecified atom stereocenters. The first-order valence-corrected chi connectivity index (χ1v) is 11.0. The minimum Gasteiger partial charge on any atom is -0.487 e. The first-order valence-electron chi connectivity index (χ1n) is 11.0. The van der Waals surface area contributed by atoms with Crippen LogP contribution in [0.15, 0.2) is 35.3 Å². The number of piperazine rings is 1. The van der Waals surface area contributed by atoms with Gasteiger partial charge in [-0.3, -0.25) is 9.59 Å². The van der Waals surface area contributed by atoms with E-state index in [1.165, 1.54) is 13.1 Å². The number of Topliss-reactive ketones (excluding diaryl/α,β-unsaturated/α-hetero) is 1. The lowest BCUT2D eigenvalue weighted by Crippen LogP contribution is -2.47. The summed E-state index contributed by atoms with van der Waals surface area (Å²) < 4.78 is 23.0. The summed E-state index contributed by atoms with van der Waals surface area (Å²) in [7, 11) is 0. The largest absolute Gasteiger partial charge is 0.487 e. The van der Waals surface area contributed by atoms with Crippen LogP contribution in [0.5, 0.6) is 5.75 Å². The lowest BCUT2D eigenvalue weighted by Gasteiger charge is -2.38. The van der Waals surface area contributed by atoms with Crippen molar-refractivity contribution in [2.45, 2.75) is 19.9 Å². The van der Waals surface area contributed by atoms with E-state index >= 15 is 4.39 Å². The number of carboxylic acids is 1.